The summed E-state index contributed by atoms with van der Waals surface area (Å²) < 4.78 is 17.6. The highest BCUT2D eigenvalue weighted by Crippen LogP contribution is 2.34. The van der Waals surface area contributed by atoms with Gasteiger partial charge in [-0.15, -0.1) is 0 Å². The van der Waals surface area contributed by atoms with Crippen LogP contribution in [0.5, 0.6) is 5.75 Å². The van der Waals surface area contributed by atoms with Gasteiger partial charge in [0.05, 0.1) is 43.7 Å². The molecular weight excluding hydrogens is 456 g/mol. The molecule has 34 heavy (non-hydrogen) atoms. The van der Waals surface area contributed by atoms with E-state index in [1.807, 2.05) is 0 Å². The zero-order valence-electron chi connectivity index (χ0n) is 18.9. The number of anilines is 2. The molecule has 3 aliphatic rings. The molecule has 0 unspecified atom stereocenters. The topological polar surface area (TPSA) is 94.5 Å². The van der Waals surface area contributed by atoms with Gasteiger partial charge in [0.15, 0.2) is 0 Å². The van der Waals surface area contributed by atoms with E-state index in [0.717, 1.165) is 91.5 Å². The summed E-state index contributed by atoms with van der Waals surface area (Å²) in [5.41, 5.74) is 4.68. The van der Waals surface area contributed by atoms with Gasteiger partial charge in [0, 0.05) is 48.8 Å². The molecule has 0 radical (unpaired) electrons. The summed E-state index contributed by atoms with van der Waals surface area (Å²) in [6, 6.07) is 4.52. The highest BCUT2D eigenvalue weighted by Gasteiger charge is 2.27. The third-order valence-electron chi connectivity index (χ3n) is 6.76. The maximum atomic E-state index is 6.54. The largest absolute Gasteiger partial charge is 0.488 e. The lowest BCUT2D eigenvalue weighted by Gasteiger charge is -2.31. The van der Waals surface area contributed by atoms with Crippen LogP contribution in [0.2, 0.25) is 5.28 Å². The minimum atomic E-state index is 0.131. The van der Waals surface area contributed by atoms with Gasteiger partial charge >= 0.3 is 0 Å². The van der Waals surface area contributed by atoms with Crippen LogP contribution in [-0.2, 0) is 22.7 Å². The average Bonchev–Trinajstić information content (AvgIpc) is 3.34. The molecule has 0 amide bonds. The zero-order chi connectivity index (χ0) is 22.9. The minimum absolute atomic E-state index is 0.131. The van der Waals surface area contributed by atoms with E-state index in [1.165, 1.54) is 0 Å². The van der Waals surface area contributed by atoms with Crippen LogP contribution in [-0.4, -0.2) is 58.4 Å². The Morgan fingerprint density at radius 2 is 1.79 bits per heavy atom. The maximum Gasteiger partial charge on any atom is 0.224 e. The van der Waals surface area contributed by atoms with Gasteiger partial charge in [0.1, 0.15) is 17.1 Å². The Morgan fingerprint density at radius 1 is 0.971 bits per heavy atom. The summed E-state index contributed by atoms with van der Waals surface area (Å²) in [6.07, 6.45) is 7.43. The van der Waals surface area contributed by atoms with Crippen LogP contribution in [0.15, 0.2) is 24.5 Å². The van der Waals surface area contributed by atoms with E-state index in [1.54, 1.807) is 12.4 Å². The van der Waals surface area contributed by atoms with Crippen molar-refractivity contribution >= 4 is 34.1 Å². The van der Waals surface area contributed by atoms with Gasteiger partial charge in [-0.25, -0.2) is 15.0 Å². The molecule has 1 saturated carbocycles. The molecule has 1 N–H and O–H groups in total. The smallest absolute Gasteiger partial charge is 0.224 e. The van der Waals surface area contributed by atoms with Crippen molar-refractivity contribution in [3.8, 4) is 5.75 Å². The highest BCUT2D eigenvalue weighted by atomic mass is 35.5. The summed E-state index contributed by atoms with van der Waals surface area (Å²) in [5.74, 6) is 1.61. The maximum absolute atomic E-state index is 6.54. The number of halogens is 1. The number of nitrogens with one attached hydrogen (secondary N) is 1. The molecule has 178 valence electrons. The Bertz CT molecular complexity index is 1180. The second kappa shape index (κ2) is 9.48. The van der Waals surface area contributed by atoms with Crippen molar-refractivity contribution < 1.29 is 14.2 Å². The molecule has 0 bridgehead atoms. The van der Waals surface area contributed by atoms with E-state index in [0.29, 0.717) is 19.3 Å². The number of ether oxygens (including phenoxy) is 3. The summed E-state index contributed by atoms with van der Waals surface area (Å²) in [4.78, 5) is 20.1. The minimum Gasteiger partial charge on any atom is -0.488 e. The van der Waals surface area contributed by atoms with Crippen molar-refractivity contribution in [2.75, 3.05) is 36.5 Å². The molecule has 4 heterocycles. The molecule has 0 atom stereocenters. The summed E-state index contributed by atoms with van der Waals surface area (Å²) >= 11 is 6.12. The van der Waals surface area contributed by atoms with Gasteiger partial charge in [-0.3, -0.25) is 4.98 Å². The molecular formula is C24H27ClN6O3. The fourth-order valence-corrected chi connectivity index (χ4v) is 5.15. The first-order valence-electron chi connectivity index (χ1n) is 11.9. The lowest BCUT2D eigenvalue weighted by atomic mass is 9.92. The highest BCUT2D eigenvalue weighted by molar-refractivity contribution is 6.28. The van der Waals surface area contributed by atoms with Gasteiger partial charge in [0.2, 0.25) is 5.28 Å². The predicted octanol–water partition coefficient (Wildman–Crippen LogP) is 3.74. The lowest BCUT2D eigenvalue weighted by Crippen LogP contribution is -2.36. The van der Waals surface area contributed by atoms with Gasteiger partial charge < -0.3 is 24.4 Å². The quantitative estimate of drug-likeness (QED) is 0.545. The molecule has 1 aliphatic carbocycles. The van der Waals surface area contributed by atoms with E-state index < -0.39 is 0 Å². The third kappa shape index (κ3) is 4.47. The van der Waals surface area contributed by atoms with Gasteiger partial charge in [-0.2, -0.15) is 0 Å². The second-order valence-corrected chi connectivity index (χ2v) is 9.30. The van der Waals surface area contributed by atoms with Crippen molar-refractivity contribution in [1.29, 1.82) is 0 Å². The molecule has 2 aromatic heterocycles. The van der Waals surface area contributed by atoms with Crippen molar-refractivity contribution in [2.24, 2.45) is 0 Å². The molecule has 2 fully saturated rings. The average molecular weight is 483 g/mol. The SMILES string of the molecule is Clc1nc2c(c(N[C@H]3CC[C@@H](Oc4cc(N5CCOCC5)cc5nccnc45)CC3)n1)COC2. The van der Waals surface area contributed by atoms with E-state index >= 15 is 0 Å². The Labute approximate surface area is 202 Å². The number of benzene rings is 1. The van der Waals surface area contributed by atoms with Gasteiger partial charge in [0.25, 0.3) is 0 Å². The fraction of sp³-hybridized carbons (Fsp3) is 0.500. The Kier molecular flexibility index (Phi) is 6.07. The molecule has 10 heteroatoms. The summed E-state index contributed by atoms with van der Waals surface area (Å²) in [7, 11) is 0. The van der Waals surface area contributed by atoms with Crippen molar-refractivity contribution in [3.05, 3.63) is 41.1 Å². The second-order valence-electron chi connectivity index (χ2n) is 8.96. The first-order chi connectivity index (χ1) is 16.7. The van der Waals surface area contributed by atoms with E-state index in [2.05, 4.69) is 42.3 Å². The van der Waals surface area contributed by atoms with Crippen molar-refractivity contribution in [1.82, 2.24) is 19.9 Å². The van der Waals surface area contributed by atoms with Crippen LogP contribution >= 0.6 is 11.6 Å². The van der Waals surface area contributed by atoms with Crippen molar-refractivity contribution in [2.45, 2.75) is 51.0 Å². The summed E-state index contributed by atoms with van der Waals surface area (Å²) in [6.45, 7) is 4.22. The van der Waals surface area contributed by atoms with E-state index in [-0.39, 0.29) is 11.4 Å². The predicted molar refractivity (Wildman–Crippen MR) is 128 cm³/mol. The number of morpholine rings is 1. The first kappa shape index (κ1) is 21.8. The normalized spacial score (nSPS) is 22.6. The molecule has 9 nitrogen and oxygen atoms in total. The van der Waals surface area contributed by atoms with E-state index in [9.17, 15) is 0 Å². The van der Waals surface area contributed by atoms with Crippen LogP contribution < -0.4 is 15.0 Å². The van der Waals surface area contributed by atoms with Crippen LogP contribution in [0.25, 0.3) is 11.0 Å². The van der Waals surface area contributed by atoms with Crippen LogP contribution in [0.4, 0.5) is 11.5 Å². The fourth-order valence-electron chi connectivity index (χ4n) is 4.96. The molecule has 1 saturated heterocycles. The first-order valence-corrected chi connectivity index (χ1v) is 12.2. The number of aromatic nitrogens is 4. The molecule has 1 aromatic carbocycles. The Morgan fingerprint density at radius 3 is 2.65 bits per heavy atom. The number of hydrogen-bond acceptors (Lipinski definition) is 9. The Hall–Kier alpha value is -2.75. The monoisotopic (exact) mass is 482 g/mol. The van der Waals surface area contributed by atoms with Gasteiger partial charge in [-0.05, 0) is 43.4 Å². The van der Waals surface area contributed by atoms with Crippen molar-refractivity contribution in [3.63, 3.8) is 0 Å². The van der Waals surface area contributed by atoms with Gasteiger partial charge in [-0.1, -0.05) is 0 Å². The van der Waals surface area contributed by atoms with E-state index in [4.69, 9.17) is 25.8 Å². The zero-order valence-corrected chi connectivity index (χ0v) is 19.6. The Balaban J connectivity index is 1.15. The molecule has 2 aliphatic heterocycles. The third-order valence-corrected chi connectivity index (χ3v) is 6.93. The molecule has 6 rings (SSSR count). The molecule has 3 aromatic rings. The van der Waals surface area contributed by atoms with Crippen LogP contribution in [0, 0.1) is 0 Å². The van der Waals surface area contributed by atoms with Crippen LogP contribution in [0.3, 0.4) is 0 Å². The van der Waals surface area contributed by atoms with Crippen LogP contribution in [0.1, 0.15) is 36.9 Å². The number of nitrogens with zero attached hydrogens (tertiary/aromatic N) is 5. The number of fused-ring (bicyclic) bond motifs is 2. The molecule has 0 spiro atoms. The lowest BCUT2D eigenvalue weighted by molar-refractivity contribution is 0.122. The number of hydrogen-bond donors (Lipinski definition) is 1. The summed E-state index contributed by atoms with van der Waals surface area (Å²) in [5, 5.41) is 3.84. The standard InChI is InChI=1S/C24H27ClN6O3/c25-24-29-20-14-33-13-18(20)23(30-24)28-15-1-3-17(4-2-15)34-21-12-16(31-7-9-32-10-8-31)11-19-22(21)27-6-5-26-19/h5-6,11-12,15,17H,1-4,7-10,13-14H2,(H,28,29,30)/t15-,17+. The number of rotatable bonds is 5.